The maximum Gasteiger partial charge on any atom is 0.275 e. The van der Waals surface area contributed by atoms with Crippen LogP contribution in [0.1, 0.15) is 50.4 Å². The van der Waals surface area contributed by atoms with Gasteiger partial charge in [-0.1, -0.05) is 32.4 Å². The number of hydrazone groups is 1. The van der Waals surface area contributed by atoms with Crippen molar-refractivity contribution in [2.24, 2.45) is 22.9 Å². The van der Waals surface area contributed by atoms with Crippen molar-refractivity contribution in [2.75, 3.05) is 0 Å². The molecule has 5 heteroatoms. The molecule has 22 heavy (non-hydrogen) atoms. The zero-order chi connectivity index (χ0) is 16.3. The molecular formula is C17H23ClN2O2. The van der Waals surface area contributed by atoms with Crippen LogP contribution in [0.5, 0.6) is 5.75 Å². The van der Waals surface area contributed by atoms with Gasteiger partial charge < -0.3 is 5.11 Å². The number of phenolic OH excluding ortho intramolecular Hbond substituents is 1. The minimum atomic E-state index is -0.437. The zero-order valence-electron chi connectivity index (χ0n) is 13.3. The number of amides is 1. The highest BCUT2D eigenvalue weighted by Gasteiger charge is 2.27. The van der Waals surface area contributed by atoms with Crippen LogP contribution in [0.15, 0.2) is 23.3 Å². The lowest BCUT2D eigenvalue weighted by atomic mass is 9.76. The van der Waals surface area contributed by atoms with Crippen LogP contribution >= 0.6 is 11.6 Å². The molecule has 0 aliphatic heterocycles. The summed E-state index contributed by atoms with van der Waals surface area (Å²) in [5, 5.41) is 14.5. The summed E-state index contributed by atoms with van der Waals surface area (Å²) in [6, 6.07) is 4.39. The lowest BCUT2D eigenvalue weighted by Gasteiger charge is -2.30. The zero-order valence-corrected chi connectivity index (χ0v) is 14.0. The van der Waals surface area contributed by atoms with Gasteiger partial charge in [0.05, 0.1) is 5.56 Å². The Morgan fingerprint density at radius 1 is 1.41 bits per heavy atom. The molecule has 120 valence electrons. The number of aromatic hydroxyl groups is 1. The molecule has 1 saturated carbocycles. The Balaban J connectivity index is 2.14. The van der Waals surface area contributed by atoms with E-state index in [1.54, 1.807) is 0 Å². The molecule has 0 aromatic heterocycles. The Hall–Kier alpha value is -1.55. The molecule has 1 fully saturated rings. The average Bonchev–Trinajstić information content (AvgIpc) is 2.47. The normalized spacial score (nSPS) is 23.8. The fraction of sp³-hybridized carbons (Fsp3) is 0.529. The molecule has 1 aromatic carbocycles. The third-order valence-corrected chi connectivity index (χ3v) is 4.50. The Labute approximate surface area is 136 Å². The second-order valence-electron chi connectivity index (χ2n) is 6.44. The van der Waals surface area contributed by atoms with Crippen molar-refractivity contribution in [1.82, 2.24) is 5.43 Å². The van der Waals surface area contributed by atoms with Crippen molar-refractivity contribution in [3.05, 3.63) is 28.8 Å². The number of halogens is 1. The summed E-state index contributed by atoms with van der Waals surface area (Å²) in [7, 11) is 0. The van der Waals surface area contributed by atoms with Crippen molar-refractivity contribution < 1.29 is 9.90 Å². The van der Waals surface area contributed by atoms with Crippen LogP contribution in [-0.4, -0.2) is 16.7 Å². The van der Waals surface area contributed by atoms with Gasteiger partial charge in [-0.25, -0.2) is 5.43 Å². The molecule has 1 aliphatic carbocycles. The summed E-state index contributed by atoms with van der Waals surface area (Å²) in [5.41, 5.74) is 3.76. The Morgan fingerprint density at radius 2 is 2.14 bits per heavy atom. The number of rotatable bonds is 3. The topological polar surface area (TPSA) is 61.7 Å². The molecule has 2 rings (SSSR count). The van der Waals surface area contributed by atoms with Crippen molar-refractivity contribution in [3.8, 4) is 5.75 Å². The summed E-state index contributed by atoms with van der Waals surface area (Å²) < 4.78 is 0. The largest absolute Gasteiger partial charge is 0.507 e. The number of hydrogen-bond donors (Lipinski definition) is 2. The Kier molecular flexibility index (Phi) is 5.46. The number of carbonyl (C=O) groups is 1. The highest BCUT2D eigenvalue weighted by molar-refractivity contribution is 6.31. The maximum absolute atomic E-state index is 12.2. The van der Waals surface area contributed by atoms with Crippen LogP contribution in [0.25, 0.3) is 0 Å². The van der Waals surface area contributed by atoms with Gasteiger partial charge >= 0.3 is 0 Å². The quantitative estimate of drug-likeness (QED) is 0.818. The first-order valence-electron chi connectivity index (χ1n) is 7.73. The first kappa shape index (κ1) is 16.8. The first-order valence-corrected chi connectivity index (χ1v) is 8.11. The minimum absolute atomic E-state index is 0.0977. The lowest BCUT2D eigenvalue weighted by molar-refractivity contribution is 0.0951. The van der Waals surface area contributed by atoms with Crippen LogP contribution in [0.3, 0.4) is 0 Å². The number of carbonyl (C=O) groups excluding carboxylic acids is 1. The number of hydrogen-bond acceptors (Lipinski definition) is 3. The van der Waals surface area contributed by atoms with Gasteiger partial charge in [0.2, 0.25) is 0 Å². The van der Waals surface area contributed by atoms with Gasteiger partial charge in [0, 0.05) is 16.7 Å². The first-order chi connectivity index (χ1) is 10.4. The average molecular weight is 323 g/mol. The minimum Gasteiger partial charge on any atom is -0.507 e. The molecule has 0 unspecified atom stereocenters. The van der Waals surface area contributed by atoms with Crippen molar-refractivity contribution in [3.63, 3.8) is 0 Å². The summed E-state index contributed by atoms with van der Waals surface area (Å²) in [5.74, 6) is 0.963. The predicted molar refractivity (Wildman–Crippen MR) is 89.4 cm³/mol. The van der Waals surface area contributed by atoms with E-state index in [2.05, 4.69) is 31.3 Å². The second-order valence-corrected chi connectivity index (χ2v) is 6.88. The van der Waals surface area contributed by atoms with Gasteiger partial charge in [0.15, 0.2) is 0 Å². The van der Waals surface area contributed by atoms with Crippen LogP contribution in [-0.2, 0) is 0 Å². The van der Waals surface area contributed by atoms with Crippen molar-refractivity contribution >= 4 is 23.2 Å². The molecule has 1 aromatic rings. The van der Waals surface area contributed by atoms with Gasteiger partial charge in [-0.2, -0.15) is 5.10 Å². The fourth-order valence-electron chi connectivity index (χ4n) is 2.96. The molecule has 0 spiro atoms. The van der Waals surface area contributed by atoms with Crippen LogP contribution in [0, 0.1) is 17.8 Å². The van der Waals surface area contributed by atoms with Crippen LogP contribution in [0.2, 0.25) is 5.02 Å². The van der Waals surface area contributed by atoms with E-state index in [1.165, 1.54) is 24.6 Å². The lowest BCUT2D eigenvalue weighted by Crippen LogP contribution is -2.31. The van der Waals surface area contributed by atoms with E-state index in [9.17, 15) is 9.90 Å². The highest BCUT2D eigenvalue weighted by Crippen LogP contribution is 2.31. The summed E-state index contributed by atoms with van der Waals surface area (Å²) in [6.07, 6.45) is 3.21. The van der Waals surface area contributed by atoms with Crippen molar-refractivity contribution in [2.45, 2.75) is 40.0 Å². The van der Waals surface area contributed by atoms with E-state index in [4.69, 9.17) is 11.6 Å². The molecule has 0 heterocycles. The summed E-state index contributed by atoms with van der Waals surface area (Å²) in [6.45, 7) is 6.57. The number of nitrogens with zero attached hydrogens (tertiary/aromatic N) is 1. The van der Waals surface area contributed by atoms with E-state index in [-0.39, 0.29) is 11.3 Å². The van der Waals surface area contributed by atoms with Crippen LogP contribution < -0.4 is 5.43 Å². The molecule has 4 nitrogen and oxygen atoms in total. The van der Waals surface area contributed by atoms with Gasteiger partial charge in [0.25, 0.3) is 5.91 Å². The SMILES string of the molecule is CC(C)[C@@H]1CC[C@@H](C)C/C1=N/NC(=O)c1cc(Cl)ccc1O. The molecule has 0 saturated heterocycles. The third-order valence-electron chi connectivity index (χ3n) is 4.27. The molecule has 1 aliphatic rings. The van der Waals surface area contributed by atoms with Gasteiger partial charge in [-0.3, -0.25) is 4.79 Å². The molecule has 0 bridgehead atoms. The molecule has 2 atom stereocenters. The number of phenols is 1. The van der Waals surface area contributed by atoms with Gasteiger partial charge in [-0.15, -0.1) is 0 Å². The Bertz CT molecular complexity index is 584. The summed E-state index contributed by atoms with van der Waals surface area (Å²) >= 11 is 5.87. The van der Waals surface area contributed by atoms with E-state index < -0.39 is 5.91 Å². The summed E-state index contributed by atoms with van der Waals surface area (Å²) in [4.78, 5) is 12.2. The predicted octanol–water partition coefficient (Wildman–Crippen LogP) is 4.22. The smallest absolute Gasteiger partial charge is 0.275 e. The third kappa shape index (κ3) is 4.01. The van der Waals surface area contributed by atoms with E-state index in [0.29, 0.717) is 22.8 Å². The van der Waals surface area contributed by atoms with Gasteiger partial charge in [-0.05, 0) is 49.3 Å². The fourth-order valence-corrected chi connectivity index (χ4v) is 3.13. The van der Waals surface area contributed by atoms with Gasteiger partial charge in [0.1, 0.15) is 5.75 Å². The standard InChI is InChI=1S/C17H23ClN2O2/c1-10(2)13-6-4-11(3)8-15(13)19-20-17(22)14-9-12(18)5-7-16(14)21/h5,7,9-11,13,21H,4,6,8H2,1-3H3,(H,20,22)/b19-15-/t11-,13+/m1/s1. The molecule has 1 amide bonds. The van der Waals surface area contributed by atoms with E-state index in [1.807, 2.05) is 0 Å². The molecule has 2 N–H and O–H groups in total. The Morgan fingerprint density at radius 3 is 2.82 bits per heavy atom. The number of benzene rings is 1. The number of nitrogens with one attached hydrogen (secondary N) is 1. The molecule has 0 radical (unpaired) electrons. The maximum atomic E-state index is 12.2. The van der Waals surface area contributed by atoms with Crippen LogP contribution in [0.4, 0.5) is 0 Å². The van der Waals surface area contributed by atoms with Crippen molar-refractivity contribution in [1.29, 1.82) is 0 Å². The van der Waals surface area contributed by atoms with E-state index in [0.717, 1.165) is 18.6 Å². The highest BCUT2D eigenvalue weighted by atomic mass is 35.5. The monoisotopic (exact) mass is 322 g/mol. The second kappa shape index (κ2) is 7.14. The van der Waals surface area contributed by atoms with E-state index >= 15 is 0 Å². The molecular weight excluding hydrogens is 300 g/mol.